The molecule has 0 amide bonds. The second-order valence-electron chi connectivity index (χ2n) is 26.6. The summed E-state index contributed by atoms with van der Waals surface area (Å²) in [6.45, 7) is 33.7. The van der Waals surface area contributed by atoms with Gasteiger partial charge in [-0.1, -0.05) is 237 Å². The normalized spacial score (nSPS) is 12.4. The van der Waals surface area contributed by atoms with Crippen LogP contribution in [0, 0.1) is 6.07 Å². The molecule has 1 N–H and O–H groups in total. The third-order valence-electron chi connectivity index (χ3n) is 15.3. The van der Waals surface area contributed by atoms with Gasteiger partial charge in [-0.2, -0.15) is 0 Å². The minimum atomic E-state index is -0.357. The maximum Gasteiger partial charge on any atom is 0.137 e. The molecular weight excluding hydrogens is 1170 g/mol. The second-order valence-corrected chi connectivity index (χ2v) is 27.6. The van der Waals surface area contributed by atoms with Crippen molar-refractivity contribution in [2.24, 2.45) is 0 Å². The predicted octanol–water partition coefficient (Wildman–Crippen LogP) is 21.2. The van der Waals surface area contributed by atoms with Gasteiger partial charge in [0, 0.05) is 59.2 Å². The van der Waals surface area contributed by atoms with Crippen LogP contribution in [0.1, 0.15) is 132 Å². The quantitative estimate of drug-likeness (QED) is 0.146. The SMILES string of the molecule is CC(C)(C)c1ccc(-c2cc3ccnc(-c4[c-]c(N(c5cc(-c6cc(C(C)(C)C)cc(C(C)(C)C)c6)cc(-c6cc(C(C)(C)C)cc(C(C)(C)C)c6O)n5)c5ccccc5-c5ccccc5)cc(-c5ccccc5)c4)c3s2)cc1.[Pt]. The maximum atomic E-state index is 12.8. The number of phenols is 1. The van der Waals surface area contributed by atoms with Crippen molar-refractivity contribution in [3.8, 4) is 72.1 Å². The van der Waals surface area contributed by atoms with E-state index in [-0.39, 0.29) is 53.9 Å². The Bertz CT molecular complexity index is 3830. The third kappa shape index (κ3) is 12.1. The van der Waals surface area contributed by atoms with E-state index in [1.165, 1.54) is 27.1 Å². The van der Waals surface area contributed by atoms with Crippen molar-refractivity contribution in [3.05, 3.63) is 216 Å². The number of hydrogen-bond donors (Lipinski definition) is 1. The van der Waals surface area contributed by atoms with Crippen LogP contribution in [-0.4, -0.2) is 15.1 Å². The summed E-state index contributed by atoms with van der Waals surface area (Å²) in [5.74, 6) is 0.925. The molecule has 10 aromatic rings. The summed E-state index contributed by atoms with van der Waals surface area (Å²) in [5.41, 5.74) is 17.4. The minimum absolute atomic E-state index is 0. The van der Waals surface area contributed by atoms with Crippen LogP contribution >= 0.6 is 11.3 Å². The number of pyridine rings is 2. The standard InChI is InChI=1S/C74H76N3OS.Pt/c1-70(2,3)55-32-30-49(31-33-55)65-42-50-34-35-75-67(69(50)79-65)54-36-51(47-24-18-16-19-25-47)39-59(40-54)77(64-29-23-22-28-60(64)48-26-20-17-21-27-48)66-43-53(52-37-56(71(4,5)6)44-57(38-52)72(7,8)9)41-63(76-66)61-45-58(73(10,11)12)46-62(68(61)78)74(13,14)15;/h16-39,41-46,78H,1-15H3;/q-1;. The number of thiophene rings is 1. The van der Waals surface area contributed by atoms with Crippen LogP contribution in [0.2, 0.25) is 0 Å². The monoisotopic (exact) mass is 1250 g/mol. The van der Waals surface area contributed by atoms with E-state index in [4.69, 9.17) is 9.97 Å². The smallest absolute Gasteiger partial charge is 0.137 e. The van der Waals surface area contributed by atoms with E-state index >= 15 is 0 Å². The minimum Gasteiger partial charge on any atom is -0.507 e. The molecule has 6 heteroatoms. The Balaban J connectivity index is 0.00000774. The van der Waals surface area contributed by atoms with Crippen molar-refractivity contribution in [1.29, 1.82) is 0 Å². The van der Waals surface area contributed by atoms with Crippen LogP contribution in [0.5, 0.6) is 5.75 Å². The van der Waals surface area contributed by atoms with E-state index in [9.17, 15) is 5.11 Å². The molecule has 0 saturated heterocycles. The number of benzene rings is 7. The molecule has 0 bridgehead atoms. The Morgan fingerprint density at radius 1 is 0.450 bits per heavy atom. The Morgan fingerprint density at radius 2 is 1.00 bits per heavy atom. The van der Waals surface area contributed by atoms with Crippen LogP contribution in [0.3, 0.4) is 0 Å². The Morgan fingerprint density at radius 3 is 1.60 bits per heavy atom. The van der Waals surface area contributed by atoms with Crippen LogP contribution in [0.15, 0.2) is 182 Å². The van der Waals surface area contributed by atoms with Gasteiger partial charge in [0.2, 0.25) is 0 Å². The van der Waals surface area contributed by atoms with E-state index < -0.39 is 0 Å². The number of hydrogen-bond acceptors (Lipinski definition) is 5. The first-order chi connectivity index (χ1) is 37.2. The van der Waals surface area contributed by atoms with Gasteiger partial charge in [0.05, 0.1) is 11.4 Å². The topological polar surface area (TPSA) is 49.2 Å². The number of aromatic nitrogens is 2. The van der Waals surface area contributed by atoms with E-state index in [2.05, 4.69) is 291 Å². The van der Waals surface area contributed by atoms with Crippen molar-refractivity contribution in [2.45, 2.75) is 131 Å². The maximum absolute atomic E-state index is 12.8. The zero-order chi connectivity index (χ0) is 56.4. The summed E-state index contributed by atoms with van der Waals surface area (Å²) in [4.78, 5) is 14.5. The zero-order valence-corrected chi connectivity index (χ0v) is 52.4. The molecule has 0 aliphatic carbocycles. The molecule has 7 aromatic carbocycles. The molecule has 0 radical (unpaired) electrons. The van der Waals surface area contributed by atoms with Crippen LogP contribution < -0.4 is 4.90 Å². The van der Waals surface area contributed by atoms with E-state index in [0.29, 0.717) is 17.1 Å². The molecule has 3 aromatic heterocycles. The summed E-state index contributed by atoms with van der Waals surface area (Å²) >= 11 is 1.77. The largest absolute Gasteiger partial charge is 0.507 e. The van der Waals surface area contributed by atoms with Gasteiger partial charge in [-0.25, -0.2) is 4.98 Å². The van der Waals surface area contributed by atoms with Crippen molar-refractivity contribution in [2.75, 3.05) is 4.90 Å². The molecular formula is C74H76N3OPtS-. The van der Waals surface area contributed by atoms with Gasteiger partial charge >= 0.3 is 0 Å². The molecule has 0 fully saturated rings. The van der Waals surface area contributed by atoms with Crippen LogP contribution in [0.4, 0.5) is 17.2 Å². The molecule has 0 aliphatic heterocycles. The summed E-state index contributed by atoms with van der Waals surface area (Å²) in [5, 5.41) is 13.9. The summed E-state index contributed by atoms with van der Waals surface area (Å²) < 4.78 is 1.10. The first-order valence-corrected chi connectivity index (χ1v) is 28.7. The number of nitrogens with zero attached hydrogens (tertiary/aromatic N) is 3. The molecule has 0 aliphatic rings. The molecule has 0 unspecified atom stereocenters. The molecule has 10 rings (SSSR count). The predicted molar refractivity (Wildman–Crippen MR) is 339 cm³/mol. The summed E-state index contributed by atoms with van der Waals surface area (Å²) in [7, 11) is 0. The number of para-hydroxylation sites is 1. The van der Waals surface area contributed by atoms with Crippen LogP contribution in [0.25, 0.3) is 76.4 Å². The molecule has 0 spiro atoms. The number of aromatic hydroxyl groups is 1. The first kappa shape index (κ1) is 57.8. The van der Waals surface area contributed by atoms with Gasteiger partial charge in [-0.15, -0.1) is 35.1 Å². The third-order valence-corrected chi connectivity index (χ3v) is 16.5. The fourth-order valence-corrected chi connectivity index (χ4v) is 11.5. The van der Waals surface area contributed by atoms with E-state index in [1.807, 2.05) is 6.20 Å². The van der Waals surface area contributed by atoms with Gasteiger partial charge in [0.1, 0.15) is 11.6 Å². The van der Waals surface area contributed by atoms with Gasteiger partial charge in [0.15, 0.2) is 0 Å². The fraction of sp³-hybridized carbons (Fsp3) is 0.270. The number of rotatable bonds is 9. The Kier molecular flexibility index (Phi) is 15.8. The van der Waals surface area contributed by atoms with Gasteiger partial charge in [0.25, 0.3) is 0 Å². The van der Waals surface area contributed by atoms with Crippen molar-refractivity contribution < 1.29 is 26.2 Å². The average Bonchev–Trinajstić information content (AvgIpc) is 3.88. The van der Waals surface area contributed by atoms with E-state index in [0.717, 1.165) is 77.2 Å². The second kappa shape index (κ2) is 21.9. The number of anilines is 3. The van der Waals surface area contributed by atoms with Gasteiger partial charge in [-0.05, 0) is 125 Å². The van der Waals surface area contributed by atoms with Gasteiger partial charge in [-0.3, -0.25) is 0 Å². The van der Waals surface area contributed by atoms with Crippen molar-refractivity contribution >= 4 is 38.6 Å². The number of fused-ring (bicyclic) bond motifs is 1. The van der Waals surface area contributed by atoms with Gasteiger partial charge < -0.3 is 15.0 Å². The van der Waals surface area contributed by atoms with Crippen LogP contribution in [-0.2, 0) is 48.1 Å². The molecule has 410 valence electrons. The molecule has 0 atom stereocenters. The van der Waals surface area contributed by atoms with Crippen molar-refractivity contribution in [3.63, 3.8) is 0 Å². The van der Waals surface area contributed by atoms with E-state index in [1.54, 1.807) is 11.3 Å². The molecule has 80 heavy (non-hydrogen) atoms. The molecule has 4 nitrogen and oxygen atoms in total. The molecule has 3 heterocycles. The summed E-state index contributed by atoms with van der Waals surface area (Å²) in [6.07, 6.45) is 1.93. The zero-order valence-electron chi connectivity index (χ0n) is 49.3. The fourth-order valence-electron chi connectivity index (χ4n) is 10.4. The Hall–Kier alpha value is -6.91. The summed E-state index contributed by atoms with van der Waals surface area (Å²) in [6, 6.07) is 67.7. The molecule has 0 saturated carbocycles. The first-order valence-electron chi connectivity index (χ1n) is 27.8. The Labute approximate surface area is 495 Å². The number of phenolic OH excluding ortho intramolecular Hbond substituents is 1. The van der Waals surface area contributed by atoms with Crippen molar-refractivity contribution in [1.82, 2.24) is 9.97 Å². The average molecular weight is 1250 g/mol.